The van der Waals surface area contributed by atoms with Gasteiger partial charge in [-0.05, 0) is 63.9 Å². The van der Waals surface area contributed by atoms with Crippen molar-refractivity contribution in [1.82, 2.24) is 14.9 Å². The molecule has 3 aromatic rings. The largest absolute Gasteiger partial charge is 0.474 e. The van der Waals surface area contributed by atoms with Crippen LogP contribution in [0.4, 0.5) is 0 Å². The van der Waals surface area contributed by atoms with Gasteiger partial charge in [-0.2, -0.15) is 0 Å². The molecule has 6 heteroatoms. The second-order valence-electron chi connectivity index (χ2n) is 7.65. The highest BCUT2D eigenvalue weighted by Gasteiger charge is 2.25. The molecule has 0 radical (unpaired) electrons. The third-order valence-electron chi connectivity index (χ3n) is 5.68. The van der Waals surface area contributed by atoms with E-state index in [0.717, 1.165) is 51.5 Å². The zero-order valence-corrected chi connectivity index (χ0v) is 17.0. The minimum Gasteiger partial charge on any atom is -0.474 e. The molecule has 2 heterocycles. The number of hydrogen-bond acceptors (Lipinski definition) is 6. The Morgan fingerprint density at radius 1 is 1.22 bits per heavy atom. The summed E-state index contributed by atoms with van der Waals surface area (Å²) in [4.78, 5) is 12.2. The minimum absolute atomic E-state index is 0.207. The van der Waals surface area contributed by atoms with Gasteiger partial charge in [0.25, 0.3) is 0 Å². The lowest BCUT2D eigenvalue weighted by Crippen LogP contribution is -2.35. The lowest BCUT2D eigenvalue weighted by molar-refractivity contribution is 0.108. The summed E-state index contributed by atoms with van der Waals surface area (Å²) in [5.74, 6) is 0.683. The maximum atomic E-state index is 10.2. The van der Waals surface area contributed by atoms with Gasteiger partial charge in [0.2, 0.25) is 5.88 Å². The maximum Gasteiger partial charge on any atom is 0.226 e. The van der Waals surface area contributed by atoms with Crippen LogP contribution in [0.2, 0.25) is 0 Å². The molecule has 1 aliphatic rings. The molecule has 4 rings (SSSR count). The number of benzene rings is 1. The Bertz CT molecular complexity index is 932. The van der Waals surface area contributed by atoms with Gasteiger partial charge < -0.3 is 14.7 Å². The van der Waals surface area contributed by atoms with Crippen LogP contribution in [0.3, 0.4) is 0 Å². The molecule has 0 aliphatic heterocycles. The summed E-state index contributed by atoms with van der Waals surface area (Å²) < 4.78 is 7.52. The summed E-state index contributed by atoms with van der Waals surface area (Å²) in [7, 11) is 4.30. The standard InChI is InChI=1S/C21H27N3O2S/c1-4-17(25)13-5-10-18-16(11-13)19-20(22-12-23-21(19)27-18)26-15-8-6-14(7-9-15)24(2)3/h5,10-12,14-15,17,25H,4,6-9H2,1-3H3/t14-,15-,17-/m1/s1. The fraction of sp³-hybridized carbons (Fsp3) is 0.524. The van der Waals surface area contributed by atoms with Gasteiger partial charge in [-0.3, -0.25) is 0 Å². The molecule has 2 aromatic heterocycles. The quantitative estimate of drug-likeness (QED) is 0.699. The first-order valence-electron chi connectivity index (χ1n) is 9.75. The SMILES string of the molecule is CC[C@@H](O)c1ccc2sc3ncnc(O[C@H]4CC[C@H](N(C)C)CC4)c3c2c1. The second kappa shape index (κ2) is 7.70. The highest BCUT2D eigenvalue weighted by Crippen LogP contribution is 2.39. The highest BCUT2D eigenvalue weighted by molar-refractivity contribution is 7.25. The molecule has 1 N–H and O–H groups in total. The van der Waals surface area contributed by atoms with E-state index in [1.807, 2.05) is 13.0 Å². The normalized spacial score (nSPS) is 21.8. The molecular formula is C21H27N3O2S. The number of thiophene rings is 1. The van der Waals surface area contributed by atoms with E-state index in [9.17, 15) is 5.11 Å². The first-order chi connectivity index (χ1) is 13.1. The molecule has 27 heavy (non-hydrogen) atoms. The number of fused-ring (bicyclic) bond motifs is 3. The average Bonchev–Trinajstić information content (AvgIpc) is 3.06. The Balaban J connectivity index is 1.66. The Morgan fingerprint density at radius 2 is 2.00 bits per heavy atom. The molecule has 144 valence electrons. The zero-order valence-electron chi connectivity index (χ0n) is 16.2. The van der Waals surface area contributed by atoms with Gasteiger partial charge in [0.15, 0.2) is 0 Å². The van der Waals surface area contributed by atoms with Gasteiger partial charge in [0, 0.05) is 16.1 Å². The fourth-order valence-electron chi connectivity index (χ4n) is 3.97. The number of aliphatic hydroxyl groups excluding tert-OH is 1. The van der Waals surface area contributed by atoms with Crippen LogP contribution < -0.4 is 4.74 Å². The maximum absolute atomic E-state index is 10.2. The van der Waals surface area contributed by atoms with Crippen LogP contribution in [0.1, 0.15) is 50.7 Å². The van der Waals surface area contributed by atoms with Crippen molar-refractivity contribution in [2.45, 2.75) is 57.3 Å². The van der Waals surface area contributed by atoms with Gasteiger partial charge in [-0.15, -0.1) is 11.3 Å². The molecule has 1 aliphatic carbocycles. The average molecular weight is 386 g/mol. The fourth-order valence-corrected chi connectivity index (χ4v) is 4.98. The van der Waals surface area contributed by atoms with Crippen LogP contribution in [-0.2, 0) is 0 Å². The number of aromatic nitrogens is 2. The Labute approximate surface area is 164 Å². The van der Waals surface area contributed by atoms with E-state index in [4.69, 9.17) is 4.74 Å². The molecule has 0 unspecified atom stereocenters. The summed E-state index contributed by atoms with van der Waals surface area (Å²) in [5.41, 5.74) is 0.936. The molecule has 5 nitrogen and oxygen atoms in total. The van der Waals surface area contributed by atoms with Crippen molar-refractivity contribution in [3.05, 3.63) is 30.1 Å². The van der Waals surface area contributed by atoms with E-state index in [0.29, 0.717) is 18.3 Å². The summed E-state index contributed by atoms with van der Waals surface area (Å²) in [6.45, 7) is 1.99. The van der Waals surface area contributed by atoms with Gasteiger partial charge in [-0.25, -0.2) is 9.97 Å². The van der Waals surface area contributed by atoms with E-state index in [-0.39, 0.29) is 6.10 Å². The van der Waals surface area contributed by atoms with Crippen LogP contribution in [-0.4, -0.2) is 46.2 Å². The number of ether oxygens (including phenoxy) is 1. The van der Waals surface area contributed by atoms with Crippen molar-refractivity contribution in [1.29, 1.82) is 0 Å². The predicted octanol–water partition coefficient (Wildman–Crippen LogP) is 4.54. The molecular weight excluding hydrogens is 358 g/mol. The third-order valence-corrected chi connectivity index (χ3v) is 6.76. The zero-order chi connectivity index (χ0) is 19.0. The van der Waals surface area contributed by atoms with Crippen molar-refractivity contribution in [3.63, 3.8) is 0 Å². The first-order valence-corrected chi connectivity index (χ1v) is 10.6. The molecule has 0 amide bonds. The monoisotopic (exact) mass is 385 g/mol. The summed E-state index contributed by atoms with van der Waals surface area (Å²) in [6, 6.07) is 6.79. The molecule has 1 atom stereocenters. The van der Waals surface area contributed by atoms with E-state index >= 15 is 0 Å². The summed E-state index contributed by atoms with van der Waals surface area (Å²) >= 11 is 1.65. The number of aliphatic hydroxyl groups is 1. The van der Waals surface area contributed by atoms with Gasteiger partial charge in [0.1, 0.15) is 17.3 Å². The number of hydrogen-bond donors (Lipinski definition) is 1. The topological polar surface area (TPSA) is 58.5 Å². The molecule has 1 aromatic carbocycles. The lowest BCUT2D eigenvalue weighted by Gasteiger charge is -2.32. The van der Waals surface area contributed by atoms with Crippen molar-refractivity contribution in [3.8, 4) is 5.88 Å². The molecule has 0 bridgehead atoms. The summed E-state index contributed by atoms with van der Waals surface area (Å²) in [5, 5.41) is 12.3. The minimum atomic E-state index is -0.445. The Hall–Kier alpha value is -1.76. The second-order valence-corrected chi connectivity index (χ2v) is 8.68. The summed E-state index contributed by atoms with van der Waals surface area (Å²) in [6.07, 6.45) is 6.47. The number of rotatable bonds is 5. The van der Waals surface area contributed by atoms with E-state index < -0.39 is 6.10 Å². The van der Waals surface area contributed by atoms with E-state index in [1.54, 1.807) is 17.7 Å². The predicted molar refractivity (Wildman–Crippen MR) is 111 cm³/mol. The van der Waals surface area contributed by atoms with Gasteiger partial charge in [0.05, 0.1) is 11.5 Å². The lowest BCUT2D eigenvalue weighted by atomic mass is 9.92. The van der Waals surface area contributed by atoms with Crippen LogP contribution in [0.15, 0.2) is 24.5 Å². The molecule has 1 saturated carbocycles. The Kier molecular flexibility index (Phi) is 5.30. The Morgan fingerprint density at radius 3 is 2.70 bits per heavy atom. The molecule has 0 saturated heterocycles. The van der Waals surface area contributed by atoms with Crippen LogP contribution in [0.25, 0.3) is 20.3 Å². The van der Waals surface area contributed by atoms with Crippen molar-refractivity contribution in [2.75, 3.05) is 14.1 Å². The van der Waals surface area contributed by atoms with Crippen LogP contribution in [0.5, 0.6) is 5.88 Å². The van der Waals surface area contributed by atoms with Gasteiger partial charge in [-0.1, -0.05) is 13.0 Å². The number of nitrogens with zero attached hydrogens (tertiary/aromatic N) is 3. The van der Waals surface area contributed by atoms with E-state index in [2.05, 4.69) is 41.1 Å². The molecule has 1 fully saturated rings. The molecule has 0 spiro atoms. The van der Waals surface area contributed by atoms with Crippen molar-refractivity contribution < 1.29 is 9.84 Å². The highest BCUT2D eigenvalue weighted by atomic mass is 32.1. The van der Waals surface area contributed by atoms with Crippen molar-refractivity contribution >= 4 is 31.6 Å². The van der Waals surface area contributed by atoms with Crippen LogP contribution in [0, 0.1) is 0 Å². The smallest absolute Gasteiger partial charge is 0.226 e. The first kappa shape index (κ1) is 18.6. The van der Waals surface area contributed by atoms with Crippen molar-refractivity contribution in [2.24, 2.45) is 0 Å². The van der Waals surface area contributed by atoms with Gasteiger partial charge >= 0.3 is 0 Å². The van der Waals surface area contributed by atoms with E-state index in [1.165, 1.54) is 0 Å². The third kappa shape index (κ3) is 3.66. The van der Waals surface area contributed by atoms with Crippen LogP contribution >= 0.6 is 11.3 Å².